The molecule has 1 amide bonds. The van der Waals surface area contributed by atoms with Gasteiger partial charge in [-0.3, -0.25) is 0 Å². The van der Waals surface area contributed by atoms with E-state index in [1.807, 2.05) is 66.7 Å². The number of fused-ring (bicyclic) bond motifs is 3. The van der Waals surface area contributed by atoms with Crippen molar-refractivity contribution in [1.82, 2.24) is 5.32 Å². The number of carbonyl (C=O) groups is 2. The highest BCUT2D eigenvalue weighted by Gasteiger charge is 2.29. The normalized spacial score (nSPS) is 13.2. The van der Waals surface area contributed by atoms with E-state index in [9.17, 15) is 14.7 Å². The quantitative estimate of drug-likeness (QED) is 0.528. The van der Waals surface area contributed by atoms with Crippen LogP contribution in [-0.2, 0) is 15.3 Å². The maximum atomic E-state index is 12.4. The number of carboxylic acids is 1. The molecule has 0 saturated carbocycles. The van der Waals surface area contributed by atoms with Gasteiger partial charge in [-0.1, -0.05) is 78.9 Å². The summed E-state index contributed by atoms with van der Waals surface area (Å²) in [5.41, 5.74) is 5.63. The summed E-state index contributed by atoms with van der Waals surface area (Å²) in [7, 11) is 0. The molecule has 3 aromatic rings. The van der Waals surface area contributed by atoms with E-state index in [2.05, 4.69) is 17.4 Å². The van der Waals surface area contributed by atoms with Crippen LogP contribution in [0.4, 0.5) is 4.79 Å². The Bertz CT molecular complexity index is 1020. The Labute approximate surface area is 185 Å². The third-order valence-corrected chi connectivity index (χ3v) is 6.44. The second-order valence-electron chi connectivity index (χ2n) is 7.36. The average molecular weight is 434 g/mol. The van der Waals surface area contributed by atoms with Crippen LogP contribution in [0, 0.1) is 0 Å². The standard InChI is InChI=1S/C25H23NO4S/c27-24(28)23(16-31-15-17-8-2-1-3-9-17)26-25(29)30-14-22-20-12-6-4-10-18(20)19-11-5-7-13-21(19)22/h1-13,22-23H,14-16H2,(H,26,29)(H,27,28)/t23-/m0/s1. The molecule has 6 heteroatoms. The van der Waals surface area contributed by atoms with E-state index in [4.69, 9.17) is 4.74 Å². The summed E-state index contributed by atoms with van der Waals surface area (Å²) in [4.78, 5) is 23.9. The van der Waals surface area contributed by atoms with Crippen LogP contribution in [0.3, 0.4) is 0 Å². The maximum absolute atomic E-state index is 12.4. The zero-order valence-electron chi connectivity index (χ0n) is 16.9. The Kier molecular flexibility index (Phi) is 6.57. The molecule has 3 aromatic carbocycles. The van der Waals surface area contributed by atoms with Crippen molar-refractivity contribution < 1.29 is 19.4 Å². The van der Waals surface area contributed by atoms with E-state index in [1.165, 1.54) is 11.8 Å². The van der Waals surface area contributed by atoms with Crippen molar-refractivity contribution in [3.63, 3.8) is 0 Å². The molecule has 0 unspecified atom stereocenters. The number of carboxylic acid groups (broad SMARTS) is 1. The van der Waals surface area contributed by atoms with Gasteiger partial charge in [0.1, 0.15) is 12.6 Å². The number of aliphatic carboxylic acids is 1. The molecule has 0 spiro atoms. The van der Waals surface area contributed by atoms with E-state index >= 15 is 0 Å². The summed E-state index contributed by atoms with van der Waals surface area (Å²) in [6.07, 6.45) is -0.713. The fraction of sp³-hybridized carbons (Fsp3) is 0.200. The highest BCUT2D eigenvalue weighted by molar-refractivity contribution is 7.98. The van der Waals surface area contributed by atoms with Crippen molar-refractivity contribution in [3.05, 3.63) is 95.6 Å². The van der Waals surface area contributed by atoms with E-state index in [0.717, 1.165) is 27.8 Å². The van der Waals surface area contributed by atoms with E-state index in [-0.39, 0.29) is 18.3 Å². The number of benzene rings is 3. The number of hydrogen-bond donors (Lipinski definition) is 2. The molecule has 1 atom stereocenters. The van der Waals surface area contributed by atoms with Crippen LogP contribution in [0.1, 0.15) is 22.6 Å². The number of hydrogen-bond acceptors (Lipinski definition) is 4. The fourth-order valence-electron chi connectivity index (χ4n) is 3.83. The zero-order chi connectivity index (χ0) is 21.6. The lowest BCUT2D eigenvalue weighted by Crippen LogP contribution is -2.43. The molecule has 4 rings (SSSR count). The van der Waals surface area contributed by atoms with Crippen molar-refractivity contribution in [3.8, 4) is 11.1 Å². The van der Waals surface area contributed by atoms with Gasteiger partial charge in [-0.25, -0.2) is 9.59 Å². The monoisotopic (exact) mass is 433 g/mol. The first-order valence-electron chi connectivity index (χ1n) is 10.1. The number of alkyl carbamates (subject to hydrolysis) is 1. The summed E-state index contributed by atoms with van der Waals surface area (Å²) in [6.45, 7) is 0.156. The van der Waals surface area contributed by atoms with E-state index < -0.39 is 18.1 Å². The molecule has 0 aliphatic heterocycles. The third kappa shape index (κ3) is 4.91. The molecule has 0 bridgehead atoms. The van der Waals surface area contributed by atoms with Crippen LogP contribution in [0.15, 0.2) is 78.9 Å². The van der Waals surface area contributed by atoms with Crippen LogP contribution in [0.25, 0.3) is 11.1 Å². The van der Waals surface area contributed by atoms with Crippen molar-refractivity contribution >= 4 is 23.8 Å². The molecule has 158 valence electrons. The molecule has 1 aliphatic rings. The van der Waals surface area contributed by atoms with Crippen LogP contribution >= 0.6 is 11.8 Å². The Balaban J connectivity index is 1.34. The first kappa shape index (κ1) is 21.0. The van der Waals surface area contributed by atoms with Gasteiger partial charge in [0.25, 0.3) is 0 Å². The highest BCUT2D eigenvalue weighted by atomic mass is 32.2. The lowest BCUT2D eigenvalue weighted by Gasteiger charge is -2.17. The van der Waals surface area contributed by atoms with Gasteiger partial charge in [-0.2, -0.15) is 11.8 Å². The number of ether oxygens (including phenoxy) is 1. The van der Waals surface area contributed by atoms with E-state index in [1.54, 1.807) is 0 Å². The summed E-state index contributed by atoms with van der Waals surface area (Å²) < 4.78 is 5.46. The molecule has 0 aromatic heterocycles. The number of amides is 1. The Morgan fingerprint density at radius 2 is 1.48 bits per heavy atom. The molecule has 0 radical (unpaired) electrons. The lowest BCUT2D eigenvalue weighted by atomic mass is 9.98. The third-order valence-electron chi connectivity index (χ3n) is 5.33. The van der Waals surface area contributed by atoms with Gasteiger partial charge in [0.2, 0.25) is 0 Å². The second kappa shape index (κ2) is 9.71. The van der Waals surface area contributed by atoms with Gasteiger partial charge >= 0.3 is 12.1 Å². The van der Waals surface area contributed by atoms with Gasteiger partial charge in [-0.05, 0) is 27.8 Å². The first-order valence-corrected chi connectivity index (χ1v) is 11.2. The number of rotatable bonds is 8. The van der Waals surface area contributed by atoms with Gasteiger partial charge in [0.15, 0.2) is 0 Å². The molecule has 1 aliphatic carbocycles. The van der Waals surface area contributed by atoms with Crippen molar-refractivity contribution in [1.29, 1.82) is 0 Å². The van der Waals surface area contributed by atoms with Crippen molar-refractivity contribution in [2.75, 3.05) is 12.4 Å². The van der Waals surface area contributed by atoms with Gasteiger partial charge in [0, 0.05) is 17.4 Å². The summed E-state index contributed by atoms with van der Waals surface area (Å²) in [5.74, 6) is -0.200. The van der Waals surface area contributed by atoms with Crippen LogP contribution in [-0.4, -0.2) is 35.6 Å². The molecule has 2 N–H and O–H groups in total. The minimum atomic E-state index is -1.07. The number of nitrogens with one attached hydrogen (secondary N) is 1. The van der Waals surface area contributed by atoms with Gasteiger partial charge < -0.3 is 15.2 Å². The number of carbonyl (C=O) groups excluding carboxylic acids is 1. The van der Waals surface area contributed by atoms with Gasteiger partial charge in [-0.15, -0.1) is 0 Å². The predicted octanol–water partition coefficient (Wildman–Crippen LogP) is 4.91. The van der Waals surface area contributed by atoms with Crippen LogP contribution in [0.5, 0.6) is 0 Å². The molecule has 0 fully saturated rings. The summed E-state index contributed by atoms with van der Waals surface area (Å²) >= 11 is 1.46. The smallest absolute Gasteiger partial charge is 0.407 e. The Hall–Kier alpha value is -3.25. The molecule has 0 heterocycles. The Morgan fingerprint density at radius 3 is 2.10 bits per heavy atom. The Morgan fingerprint density at radius 1 is 0.903 bits per heavy atom. The molecule has 5 nitrogen and oxygen atoms in total. The first-order chi connectivity index (χ1) is 15.1. The number of thioether (sulfide) groups is 1. The largest absolute Gasteiger partial charge is 0.480 e. The minimum Gasteiger partial charge on any atom is -0.480 e. The van der Waals surface area contributed by atoms with Crippen LogP contribution < -0.4 is 5.32 Å². The minimum absolute atomic E-state index is 0.0612. The SMILES string of the molecule is O=C(N[C@@H](CSCc1ccccc1)C(=O)O)OCC1c2ccccc2-c2ccccc21. The molecular formula is C25H23NO4S. The topological polar surface area (TPSA) is 75.6 Å². The van der Waals surface area contributed by atoms with E-state index in [0.29, 0.717) is 5.75 Å². The molecule has 0 saturated heterocycles. The van der Waals surface area contributed by atoms with Crippen LogP contribution in [0.2, 0.25) is 0 Å². The van der Waals surface area contributed by atoms with Crippen molar-refractivity contribution in [2.45, 2.75) is 17.7 Å². The zero-order valence-corrected chi connectivity index (χ0v) is 17.7. The fourth-order valence-corrected chi connectivity index (χ4v) is 4.83. The summed E-state index contributed by atoms with van der Waals surface area (Å²) in [5, 5.41) is 12.0. The second-order valence-corrected chi connectivity index (χ2v) is 8.39. The van der Waals surface area contributed by atoms with Gasteiger partial charge in [0.05, 0.1) is 0 Å². The highest BCUT2D eigenvalue weighted by Crippen LogP contribution is 2.44. The summed E-state index contributed by atoms with van der Waals surface area (Å²) in [6, 6.07) is 25.0. The lowest BCUT2D eigenvalue weighted by molar-refractivity contribution is -0.138. The average Bonchev–Trinajstić information content (AvgIpc) is 3.11. The van der Waals surface area contributed by atoms with Crippen molar-refractivity contribution in [2.24, 2.45) is 0 Å². The maximum Gasteiger partial charge on any atom is 0.407 e. The predicted molar refractivity (Wildman–Crippen MR) is 122 cm³/mol. The molecular weight excluding hydrogens is 410 g/mol. The molecule has 31 heavy (non-hydrogen) atoms.